The fourth-order valence-electron chi connectivity index (χ4n) is 3.25. The summed E-state index contributed by atoms with van der Waals surface area (Å²) in [6.45, 7) is 3.35. The van der Waals surface area contributed by atoms with Crippen LogP contribution in [0.15, 0.2) is 24.3 Å². The van der Waals surface area contributed by atoms with Gasteiger partial charge in [-0.3, -0.25) is 14.5 Å². The van der Waals surface area contributed by atoms with Gasteiger partial charge in [0.1, 0.15) is 0 Å². The summed E-state index contributed by atoms with van der Waals surface area (Å²) in [5.74, 6) is 0.0378. The minimum absolute atomic E-state index is 0.0331. The molecule has 2 aliphatic heterocycles. The number of rotatable bonds is 3. The molecule has 1 N–H and O–H groups in total. The SMILES string of the molecule is CNC(=O)C1Cc2ccccc2CN1CC(=O)N1CCOCC1. The second kappa shape index (κ2) is 7.10. The Kier molecular flexibility index (Phi) is 4.93. The third-order valence-corrected chi connectivity index (χ3v) is 4.60. The molecule has 2 heterocycles. The second-order valence-electron chi connectivity index (χ2n) is 6.00. The number of nitrogens with one attached hydrogen (secondary N) is 1. The highest BCUT2D eigenvalue weighted by Crippen LogP contribution is 2.23. The number of hydrogen-bond donors (Lipinski definition) is 1. The Bertz CT molecular complexity index is 584. The van der Waals surface area contributed by atoms with Crippen molar-refractivity contribution in [3.05, 3.63) is 35.4 Å². The molecule has 1 aromatic carbocycles. The van der Waals surface area contributed by atoms with Crippen LogP contribution in [-0.2, 0) is 27.3 Å². The molecular weight excluding hydrogens is 294 g/mol. The standard InChI is InChI=1S/C17H23N3O3/c1-18-17(22)15-10-13-4-2-3-5-14(13)11-20(15)12-16(21)19-6-8-23-9-7-19/h2-5,15H,6-12H2,1H3,(H,18,22). The van der Waals surface area contributed by atoms with Gasteiger partial charge < -0.3 is 15.0 Å². The minimum atomic E-state index is -0.292. The van der Waals surface area contributed by atoms with Gasteiger partial charge >= 0.3 is 0 Å². The van der Waals surface area contributed by atoms with Crippen LogP contribution in [-0.4, -0.2) is 67.6 Å². The van der Waals surface area contributed by atoms with Crippen molar-refractivity contribution in [3.63, 3.8) is 0 Å². The maximum Gasteiger partial charge on any atom is 0.237 e. The number of fused-ring (bicyclic) bond motifs is 1. The average Bonchev–Trinajstić information content (AvgIpc) is 2.61. The van der Waals surface area contributed by atoms with Crippen LogP contribution in [0.1, 0.15) is 11.1 Å². The topological polar surface area (TPSA) is 61.9 Å². The van der Waals surface area contributed by atoms with E-state index in [2.05, 4.69) is 17.4 Å². The van der Waals surface area contributed by atoms with Gasteiger partial charge in [0.15, 0.2) is 0 Å². The maximum atomic E-state index is 12.5. The van der Waals surface area contributed by atoms with E-state index in [4.69, 9.17) is 4.74 Å². The molecule has 0 saturated carbocycles. The molecule has 3 rings (SSSR count). The highest BCUT2D eigenvalue weighted by molar-refractivity contribution is 5.84. The quantitative estimate of drug-likeness (QED) is 0.854. The Balaban J connectivity index is 1.74. The van der Waals surface area contributed by atoms with E-state index in [0.717, 1.165) is 0 Å². The average molecular weight is 317 g/mol. The van der Waals surface area contributed by atoms with Gasteiger partial charge in [0, 0.05) is 26.7 Å². The minimum Gasteiger partial charge on any atom is -0.378 e. The van der Waals surface area contributed by atoms with E-state index < -0.39 is 0 Å². The number of hydrogen-bond acceptors (Lipinski definition) is 4. The first-order valence-electron chi connectivity index (χ1n) is 8.07. The second-order valence-corrected chi connectivity index (χ2v) is 6.00. The smallest absolute Gasteiger partial charge is 0.237 e. The molecule has 23 heavy (non-hydrogen) atoms. The lowest BCUT2D eigenvalue weighted by atomic mass is 9.93. The Hall–Kier alpha value is -1.92. The summed E-state index contributed by atoms with van der Waals surface area (Å²) in [4.78, 5) is 28.6. The van der Waals surface area contributed by atoms with Gasteiger partial charge in [-0.2, -0.15) is 0 Å². The predicted molar refractivity (Wildman–Crippen MR) is 85.8 cm³/mol. The molecule has 1 atom stereocenters. The van der Waals surface area contributed by atoms with Crippen molar-refractivity contribution in [2.24, 2.45) is 0 Å². The van der Waals surface area contributed by atoms with Crippen LogP contribution >= 0.6 is 0 Å². The van der Waals surface area contributed by atoms with Crippen molar-refractivity contribution < 1.29 is 14.3 Å². The Morgan fingerprint density at radius 3 is 2.61 bits per heavy atom. The van der Waals surface area contributed by atoms with Crippen LogP contribution in [0.2, 0.25) is 0 Å². The summed E-state index contributed by atoms with van der Waals surface area (Å²) in [6, 6.07) is 7.84. The fraction of sp³-hybridized carbons (Fsp3) is 0.529. The normalized spacial score (nSPS) is 21.6. The number of amides is 2. The van der Waals surface area contributed by atoms with E-state index in [1.807, 2.05) is 21.9 Å². The Morgan fingerprint density at radius 2 is 1.91 bits per heavy atom. The van der Waals surface area contributed by atoms with Gasteiger partial charge in [-0.25, -0.2) is 0 Å². The number of morpholine rings is 1. The lowest BCUT2D eigenvalue weighted by Crippen LogP contribution is -2.53. The number of carbonyl (C=O) groups excluding carboxylic acids is 2. The van der Waals surface area contributed by atoms with Crippen molar-refractivity contribution in [2.45, 2.75) is 19.0 Å². The van der Waals surface area contributed by atoms with Crippen LogP contribution in [0, 0.1) is 0 Å². The maximum absolute atomic E-state index is 12.5. The molecule has 0 bridgehead atoms. The van der Waals surface area contributed by atoms with Crippen molar-refractivity contribution >= 4 is 11.8 Å². The van der Waals surface area contributed by atoms with E-state index in [9.17, 15) is 9.59 Å². The third-order valence-electron chi connectivity index (χ3n) is 4.60. The van der Waals surface area contributed by atoms with Crippen molar-refractivity contribution in [1.82, 2.24) is 15.1 Å². The van der Waals surface area contributed by atoms with Gasteiger partial charge in [0.2, 0.25) is 11.8 Å². The molecule has 6 heteroatoms. The number of benzene rings is 1. The lowest BCUT2D eigenvalue weighted by Gasteiger charge is -2.37. The van der Waals surface area contributed by atoms with Crippen molar-refractivity contribution in [1.29, 1.82) is 0 Å². The van der Waals surface area contributed by atoms with Crippen LogP contribution in [0.25, 0.3) is 0 Å². The van der Waals surface area contributed by atoms with E-state index in [-0.39, 0.29) is 24.4 Å². The van der Waals surface area contributed by atoms with Crippen LogP contribution in [0.4, 0.5) is 0 Å². The Labute approximate surface area is 136 Å². The van der Waals surface area contributed by atoms with Crippen molar-refractivity contribution in [2.75, 3.05) is 39.9 Å². The van der Waals surface area contributed by atoms with E-state index in [1.54, 1.807) is 7.05 Å². The molecule has 1 saturated heterocycles. The molecule has 1 unspecified atom stereocenters. The zero-order chi connectivity index (χ0) is 16.2. The highest BCUT2D eigenvalue weighted by Gasteiger charge is 2.33. The lowest BCUT2D eigenvalue weighted by molar-refractivity contribution is -0.138. The van der Waals surface area contributed by atoms with Gasteiger partial charge in [-0.1, -0.05) is 24.3 Å². The Morgan fingerprint density at radius 1 is 1.22 bits per heavy atom. The first-order valence-corrected chi connectivity index (χ1v) is 8.07. The van der Waals surface area contributed by atoms with E-state index in [0.29, 0.717) is 39.3 Å². The number of likely N-dealkylation sites (N-methyl/N-ethyl adjacent to an activating group) is 1. The summed E-state index contributed by atoms with van der Waals surface area (Å²) >= 11 is 0. The summed E-state index contributed by atoms with van der Waals surface area (Å²) in [7, 11) is 1.64. The molecule has 0 spiro atoms. The zero-order valence-electron chi connectivity index (χ0n) is 13.5. The first-order chi connectivity index (χ1) is 11.2. The predicted octanol–water partition coefficient (Wildman–Crippen LogP) is 0.0181. The van der Waals surface area contributed by atoms with E-state index >= 15 is 0 Å². The molecule has 2 aliphatic rings. The molecule has 2 amide bonds. The van der Waals surface area contributed by atoms with Crippen LogP contribution in [0.5, 0.6) is 0 Å². The number of ether oxygens (including phenoxy) is 1. The number of carbonyl (C=O) groups is 2. The summed E-state index contributed by atoms with van der Waals surface area (Å²) in [5, 5.41) is 2.72. The third kappa shape index (κ3) is 3.54. The number of nitrogens with zero attached hydrogens (tertiary/aromatic N) is 2. The van der Waals surface area contributed by atoms with Gasteiger partial charge in [-0.15, -0.1) is 0 Å². The molecular formula is C17H23N3O3. The van der Waals surface area contributed by atoms with Gasteiger partial charge in [0.05, 0.1) is 25.8 Å². The fourth-order valence-corrected chi connectivity index (χ4v) is 3.25. The largest absolute Gasteiger partial charge is 0.378 e. The first kappa shape index (κ1) is 16.0. The summed E-state index contributed by atoms with van der Waals surface area (Å²) in [6.07, 6.45) is 0.645. The van der Waals surface area contributed by atoms with Gasteiger partial charge in [-0.05, 0) is 17.5 Å². The molecule has 0 radical (unpaired) electrons. The molecule has 0 aliphatic carbocycles. The molecule has 1 aromatic rings. The molecule has 0 aromatic heterocycles. The van der Waals surface area contributed by atoms with Crippen LogP contribution in [0.3, 0.4) is 0 Å². The summed E-state index contributed by atoms with van der Waals surface area (Å²) in [5.41, 5.74) is 2.39. The highest BCUT2D eigenvalue weighted by atomic mass is 16.5. The molecule has 1 fully saturated rings. The molecule has 6 nitrogen and oxygen atoms in total. The molecule has 124 valence electrons. The summed E-state index contributed by atoms with van der Waals surface area (Å²) < 4.78 is 5.29. The van der Waals surface area contributed by atoms with Crippen molar-refractivity contribution in [3.8, 4) is 0 Å². The monoisotopic (exact) mass is 317 g/mol. The van der Waals surface area contributed by atoms with Gasteiger partial charge in [0.25, 0.3) is 0 Å². The zero-order valence-corrected chi connectivity index (χ0v) is 13.5. The van der Waals surface area contributed by atoms with E-state index in [1.165, 1.54) is 11.1 Å². The van der Waals surface area contributed by atoms with Crippen LogP contribution < -0.4 is 5.32 Å².